The van der Waals surface area contributed by atoms with Gasteiger partial charge in [0.2, 0.25) is 0 Å². The molecular weight excluding hydrogens is 152 g/mol. The molecule has 1 radical (unpaired) electrons. The van der Waals surface area contributed by atoms with Crippen molar-refractivity contribution in [2.24, 2.45) is 0 Å². The molecule has 0 amide bonds. The predicted molar refractivity (Wildman–Crippen MR) is 49.6 cm³/mol. The summed E-state index contributed by atoms with van der Waals surface area (Å²) in [6.45, 7) is 7.70. The Morgan fingerprint density at radius 2 is 2.00 bits per heavy atom. The summed E-state index contributed by atoms with van der Waals surface area (Å²) >= 11 is 0. The van der Waals surface area contributed by atoms with Gasteiger partial charge in [0.05, 0.1) is 0 Å². The largest absolute Gasteiger partial charge is 0.451 e. The van der Waals surface area contributed by atoms with Crippen molar-refractivity contribution in [2.75, 3.05) is 0 Å². The van der Waals surface area contributed by atoms with Gasteiger partial charge in [0, 0.05) is 0 Å². The Balaban J connectivity index is 3.70. The molecule has 0 aliphatic rings. The van der Waals surface area contributed by atoms with Crippen LogP contribution < -0.4 is 0 Å². The first-order chi connectivity index (χ1) is 5.68. The fraction of sp³-hybridized carbons (Fsp3) is 0.900. The van der Waals surface area contributed by atoms with Crippen molar-refractivity contribution in [3.05, 3.63) is 0 Å². The minimum atomic E-state index is -0.281. The van der Waals surface area contributed by atoms with E-state index in [0.29, 0.717) is 0 Å². The molecular formula is C10H19O2. The molecule has 0 aromatic carbocycles. The molecule has 1 atom stereocenters. The van der Waals surface area contributed by atoms with Crippen LogP contribution >= 0.6 is 0 Å². The van der Waals surface area contributed by atoms with Gasteiger partial charge in [0.25, 0.3) is 0 Å². The quantitative estimate of drug-likeness (QED) is 0.550. The highest BCUT2D eigenvalue weighted by Crippen LogP contribution is 2.21. The fourth-order valence-electron chi connectivity index (χ4n) is 1.15. The Morgan fingerprint density at radius 3 is 2.42 bits per heavy atom. The van der Waals surface area contributed by atoms with E-state index in [2.05, 4.69) is 6.92 Å². The Labute approximate surface area is 75.3 Å². The summed E-state index contributed by atoms with van der Waals surface area (Å²) < 4.78 is 4.92. The van der Waals surface area contributed by atoms with Crippen LogP contribution in [0.4, 0.5) is 0 Å². The van der Waals surface area contributed by atoms with Crippen molar-refractivity contribution in [1.29, 1.82) is 0 Å². The van der Waals surface area contributed by atoms with E-state index in [1.807, 2.05) is 13.8 Å². The molecule has 0 bridgehead atoms. The Morgan fingerprint density at radius 1 is 1.33 bits per heavy atom. The highest BCUT2D eigenvalue weighted by molar-refractivity contribution is 5.39. The van der Waals surface area contributed by atoms with Crippen molar-refractivity contribution in [1.82, 2.24) is 0 Å². The lowest BCUT2D eigenvalue weighted by atomic mass is 9.95. The highest BCUT2D eigenvalue weighted by atomic mass is 16.5. The summed E-state index contributed by atoms with van der Waals surface area (Å²) in [5.41, 5.74) is -0.281. The van der Waals surface area contributed by atoms with Crippen LogP contribution in [0.5, 0.6) is 0 Å². The van der Waals surface area contributed by atoms with Crippen LogP contribution in [-0.4, -0.2) is 12.1 Å². The van der Waals surface area contributed by atoms with Gasteiger partial charge in [-0.1, -0.05) is 26.7 Å². The summed E-state index contributed by atoms with van der Waals surface area (Å²) in [5, 5.41) is 0. The number of rotatable bonds is 7. The first-order valence-electron chi connectivity index (χ1n) is 4.73. The molecule has 0 heterocycles. The minimum absolute atomic E-state index is 0.281. The van der Waals surface area contributed by atoms with Gasteiger partial charge in [-0.15, -0.1) is 0 Å². The van der Waals surface area contributed by atoms with Gasteiger partial charge < -0.3 is 4.74 Å². The van der Waals surface area contributed by atoms with Crippen LogP contribution in [0.25, 0.3) is 0 Å². The maximum absolute atomic E-state index is 10.1. The Bertz CT molecular complexity index is 123. The van der Waals surface area contributed by atoms with Crippen LogP contribution in [-0.2, 0) is 9.53 Å². The molecule has 0 N–H and O–H groups in total. The summed E-state index contributed by atoms with van der Waals surface area (Å²) in [6, 6.07) is 0. The van der Waals surface area contributed by atoms with E-state index in [1.54, 1.807) is 0 Å². The molecule has 0 fully saturated rings. The number of ether oxygens (including phenoxy) is 1. The first-order valence-corrected chi connectivity index (χ1v) is 4.73. The molecule has 0 saturated carbocycles. The molecule has 2 nitrogen and oxygen atoms in total. The topological polar surface area (TPSA) is 26.3 Å². The molecule has 0 aliphatic heterocycles. The van der Waals surface area contributed by atoms with Gasteiger partial charge in [-0.3, -0.25) is 0 Å². The summed E-state index contributed by atoms with van der Waals surface area (Å²) in [6.07, 6.45) is 5.35. The number of hydrogen-bond acceptors (Lipinski definition) is 2. The van der Waals surface area contributed by atoms with Crippen LogP contribution in [0.2, 0.25) is 0 Å². The smallest absolute Gasteiger partial charge is 0.418 e. The monoisotopic (exact) mass is 171 g/mol. The molecule has 2 heteroatoms. The van der Waals surface area contributed by atoms with Gasteiger partial charge in [-0.05, 0) is 26.2 Å². The fourth-order valence-corrected chi connectivity index (χ4v) is 1.15. The molecule has 0 aromatic rings. The van der Waals surface area contributed by atoms with E-state index in [9.17, 15) is 4.79 Å². The molecule has 0 aliphatic carbocycles. The van der Waals surface area contributed by atoms with Crippen molar-refractivity contribution in [2.45, 2.75) is 58.5 Å². The zero-order chi connectivity index (χ0) is 9.45. The van der Waals surface area contributed by atoms with Crippen molar-refractivity contribution in [3.63, 3.8) is 0 Å². The van der Waals surface area contributed by atoms with Gasteiger partial charge in [-0.2, -0.15) is 0 Å². The molecule has 1 unspecified atom stereocenters. The van der Waals surface area contributed by atoms with Crippen LogP contribution in [0, 0.1) is 0 Å². The van der Waals surface area contributed by atoms with E-state index in [4.69, 9.17) is 4.74 Å². The predicted octanol–water partition coefficient (Wildman–Crippen LogP) is 2.82. The van der Waals surface area contributed by atoms with Crippen molar-refractivity contribution >= 4 is 6.47 Å². The lowest BCUT2D eigenvalue weighted by Crippen LogP contribution is -2.27. The van der Waals surface area contributed by atoms with E-state index in [-0.39, 0.29) is 5.60 Å². The maximum atomic E-state index is 10.1. The van der Waals surface area contributed by atoms with E-state index >= 15 is 0 Å². The second kappa shape index (κ2) is 6.04. The lowest BCUT2D eigenvalue weighted by molar-refractivity contribution is 0.0545. The van der Waals surface area contributed by atoms with Gasteiger partial charge in [-0.25, -0.2) is 4.79 Å². The summed E-state index contributed by atoms with van der Waals surface area (Å²) in [7, 11) is 0. The van der Waals surface area contributed by atoms with Crippen LogP contribution in [0.15, 0.2) is 0 Å². The van der Waals surface area contributed by atoms with E-state index < -0.39 is 0 Å². The molecule has 12 heavy (non-hydrogen) atoms. The third-order valence-electron chi connectivity index (χ3n) is 2.35. The standard InChI is InChI=1S/C10H19O2/c1-4-6-7-8-10(3,5-2)12-9-11/h4-8H2,1-3H3. The van der Waals surface area contributed by atoms with E-state index in [1.165, 1.54) is 19.3 Å². The normalized spacial score (nSPS) is 15.2. The lowest BCUT2D eigenvalue weighted by Gasteiger charge is -2.25. The molecule has 0 spiro atoms. The second-order valence-corrected chi connectivity index (χ2v) is 3.45. The first kappa shape index (κ1) is 11.5. The van der Waals surface area contributed by atoms with Crippen LogP contribution in [0.1, 0.15) is 52.9 Å². The van der Waals surface area contributed by atoms with Crippen molar-refractivity contribution in [3.8, 4) is 0 Å². The number of hydrogen-bond donors (Lipinski definition) is 0. The number of unbranched alkanes of at least 4 members (excludes halogenated alkanes) is 2. The molecule has 0 rings (SSSR count). The van der Waals surface area contributed by atoms with E-state index in [0.717, 1.165) is 19.3 Å². The second-order valence-electron chi connectivity index (χ2n) is 3.45. The molecule has 71 valence electrons. The van der Waals surface area contributed by atoms with Gasteiger partial charge in [0.1, 0.15) is 5.60 Å². The van der Waals surface area contributed by atoms with Crippen LogP contribution in [0.3, 0.4) is 0 Å². The average Bonchev–Trinajstić information content (AvgIpc) is 2.06. The SMILES string of the molecule is CCCCCC(C)(CC)O[C]=O. The van der Waals surface area contributed by atoms with Gasteiger partial charge in [0.15, 0.2) is 0 Å². The zero-order valence-corrected chi connectivity index (χ0v) is 8.35. The number of carbonyl (C=O) groups excluding carboxylic acids is 1. The molecule has 0 saturated heterocycles. The summed E-state index contributed by atoms with van der Waals surface area (Å²) in [4.78, 5) is 10.1. The van der Waals surface area contributed by atoms with Crippen molar-refractivity contribution < 1.29 is 9.53 Å². The maximum Gasteiger partial charge on any atom is 0.418 e. The van der Waals surface area contributed by atoms with Gasteiger partial charge >= 0.3 is 6.47 Å². The summed E-state index contributed by atoms with van der Waals surface area (Å²) in [5.74, 6) is 0. The Hall–Kier alpha value is -0.530. The third-order valence-corrected chi connectivity index (χ3v) is 2.35. The molecule has 0 aromatic heterocycles. The minimum Gasteiger partial charge on any atom is -0.451 e. The highest BCUT2D eigenvalue weighted by Gasteiger charge is 2.22. The Kier molecular flexibility index (Phi) is 5.77. The third kappa shape index (κ3) is 4.37. The average molecular weight is 171 g/mol. The zero-order valence-electron chi connectivity index (χ0n) is 8.35.